The van der Waals surface area contributed by atoms with Crippen molar-refractivity contribution < 1.29 is 22.5 Å². The third kappa shape index (κ3) is 4.12. The number of nitrogens with zero attached hydrogens (tertiary/aromatic N) is 1. The quantitative estimate of drug-likeness (QED) is 0.627. The van der Waals surface area contributed by atoms with Gasteiger partial charge in [0.2, 0.25) is 5.91 Å². The van der Waals surface area contributed by atoms with Crippen molar-refractivity contribution in [3.05, 3.63) is 63.4 Å². The minimum absolute atomic E-state index is 0.127. The molecular weight excluding hydrogens is 375 g/mol. The van der Waals surface area contributed by atoms with Gasteiger partial charge in [0.25, 0.3) is 5.69 Å². The van der Waals surface area contributed by atoms with Gasteiger partial charge in [-0.15, -0.1) is 0 Å². The van der Waals surface area contributed by atoms with E-state index in [-0.39, 0.29) is 21.3 Å². The average Bonchev–Trinajstić information content (AvgIpc) is 2.56. The molecule has 0 aromatic heterocycles. The number of nitro groups is 1. The largest absolute Gasteiger partial charge is 0.322 e. The van der Waals surface area contributed by atoms with E-state index in [9.17, 15) is 27.7 Å². The van der Waals surface area contributed by atoms with Gasteiger partial charge >= 0.3 is 0 Å². The number of hydrogen-bond acceptors (Lipinski definition) is 5. The summed E-state index contributed by atoms with van der Waals surface area (Å²) < 4.78 is 38.6. The SMILES string of the molecule is C[C@H](C(=O)Nc1ccc(Cl)cc1F)S(=O)(=O)c1ccc([N+](=O)[O-])cc1. The summed E-state index contributed by atoms with van der Waals surface area (Å²) in [6, 6.07) is 7.66. The maximum atomic E-state index is 13.7. The van der Waals surface area contributed by atoms with Gasteiger partial charge in [0.05, 0.1) is 15.5 Å². The lowest BCUT2D eigenvalue weighted by atomic mass is 10.3. The van der Waals surface area contributed by atoms with Crippen molar-refractivity contribution in [2.45, 2.75) is 17.1 Å². The van der Waals surface area contributed by atoms with Crippen LogP contribution in [-0.2, 0) is 14.6 Å². The van der Waals surface area contributed by atoms with E-state index in [4.69, 9.17) is 11.6 Å². The molecule has 2 aromatic carbocycles. The molecule has 0 aliphatic heterocycles. The Morgan fingerprint density at radius 3 is 2.36 bits per heavy atom. The fourth-order valence-electron chi connectivity index (χ4n) is 1.93. The summed E-state index contributed by atoms with van der Waals surface area (Å²) in [4.78, 5) is 21.8. The molecule has 0 heterocycles. The van der Waals surface area contributed by atoms with E-state index in [0.717, 1.165) is 37.3 Å². The van der Waals surface area contributed by atoms with E-state index in [1.165, 1.54) is 12.1 Å². The molecule has 2 aromatic rings. The number of nitrogens with one attached hydrogen (secondary N) is 1. The lowest BCUT2D eigenvalue weighted by Crippen LogP contribution is -2.32. The second-order valence-electron chi connectivity index (χ2n) is 5.05. The van der Waals surface area contributed by atoms with Crippen LogP contribution >= 0.6 is 11.6 Å². The molecule has 0 saturated heterocycles. The molecule has 0 aliphatic rings. The molecule has 1 N–H and O–H groups in total. The van der Waals surface area contributed by atoms with Crippen LogP contribution in [0.5, 0.6) is 0 Å². The van der Waals surface area contributed by atoms with Crippen LogP contribution in [0.1, 0.15) is 6.92 Å². The lowest BCUT2D eigenvalue weighted by molar-refractivity contribution is -0.384. The number of sulfone groups is 1. The molecule has 1 amide bonds. The number of halogens is 2. The molecule has 1 atom stereocenters. The number of carbonyl (C=O) groups is 1. The molecule has 10 heteroatoms. The molecule has 0 fully saturated rings. The van der Waals surface area contributed by atoms with E-state index in [0.29, 0.717) is 0 Å². The van der Waals surface area contributed by atoms with Crippen molar-refractivity contribution >= 4 is 38.7 Å². The van der Waals surface area contributed by atoms with Crippen molar-refractivity contribution in [1.29, 1.82) is 0 Å². The Morgan fingerprint density at radius 1 is 1.24 bits per heavy atom. The van der Waals surface area contributed by atoms with Gasteiger partial charge in [-0.3, -0.25) is 14.9 Å². The van der Waals surface area contributed by atoms with Gasteiger partial charge in [-0.05, 0) is 37.3 Å². The maximum Gasteiger partial charge on any atom is 0.269 e. The van der Waals surface area contributed by atoms with Gasteiger partial charge in [0.1, 0.15) is 11.1 Å². The molecular formula is C15H12ClFN2O5S. The van der Waals surface area contributed by atoms with Crippen LogP contribution in [0.4, 0.5) is 15.8 Å². The summed E-state index contributed by atoms with van der Waals surface area (Å²) in [5.41, 5.74) is -0.487. The minimum atomic E-state index is -4.10. The molecule has 0 bridgehead atoms. The smallest absolute Gasteiger partial charge is 0.269 e. The summed E-state index contributed by atoms with van der Waals surface area (Å²) in [6.07, 6.45) is 0. The zero-order valence-corrected chi connectivity index (χ0v) is 14.3. The molecule has 2 rings (SSSR count). The van der Waals surface area contributed by atoms with E-state index in [1.54, 1.807) is 0 Å². The van der Waals surface area contributed by atoms with Crippen LogP contribution in [0.25, 0.3) is 0 Å². The first-order valence-corrected chi connectivity index (χ1v) is 8.79. The van der Waals surface area contributed by atoms with Crippen LogP contribution in [0.2, 0.25) is 5.02 Å². The lowest BCUT2D eigenvalue weighted by Gasteiger charge is -2.14. The molecule has 0 aliphatic carbocycles. The third-order valence-electron chi connectivity index (χ3n) is 3.40. The number of hydrogen-bond donors (Lipinski definition) is 1. The molecule has 0 saturated carbocycles. The molecule has 0 unspecified atom stereocenters. The molecule has 0 spiro atoms. The summed E-state index contributed by atoms with van der Waals surface area (Å²) in [6.45, 7) is 1.14. The first-order valence-electron chi connectivity index (χ1n) is 6.87. The van der Waals surface area contributed by atoms with Gasteiger partial charge in [-0.2, -0.15) is 0 Å². The summed E-state index contributed by atoms with van der Waals surface area (Å²) in [7, 11) is -4.10. The van der Waals surface area contributed by atoms with Crippen molar-refractivity contribution in [3.8, 4) is 0 Å². The number of non-ortho nitro benzene ring substituents is 1. The van der Waals surface area contributed by atoms with E-state index in [1.807, 2.05) is 0 Å². The van der Waals surface area contributed by atoms with Gasteiger partial charge in [0, 0.05) is 17.2 Å². The second kappa shape index (κ2) is 7.16. The fraction of sp³-hybridized carbons (Fsp3) is 0.133. The number of anilines is 1. The Hall–Kier alpha value is -2.52. The van der Waals surface area contributed by atoms with Crippen LogP contribution in [0.15, 0.2) is 47.4 Å². The Morgan fingerprint density at radius 2 is 1.84 bits per heavy atom. The Bertz CT molecular complexity index is 931. The van der Waals surface area contributed by atoms with Crippen molar-refractivity contribution in [2.75, 3.05) is 5.32 Å². The van der Waals surface area contributed by atoms with Crippen molar-refractivity contribution in [1.82, 2.24) is 0 Å². The van der Waals surface area contributed by atoms with E-state index in [2.05, 4.69) is 5.32 Å². The van der Waals surface area contributed by atoms with Crippen molar-refractivity contribution in [3.63, 3.8) is 0 Å². The molecule has 0 radical (unpaired) electrons. The van der Waals surface area contributed by atoms with E-state index >= 15 is 0 Å². The van der Waals surface area contributed by atoms with E-state index < -0.39 is 31.7 Å². The monoisotopic (exact) mass is 386 g/mol. The van der Waals surface area contributed by atoms with Crippen LogP contribution in [0.3, 0.4) is 0 Å². The zero-order valence-electron chi connectivity index (χ0n) is 12.8. The number of carbonyl (C=O) groups excluding carboxylic acids is 1. The van der Waals surface area contributed by atoms with Crippen LogP contribution in [0, 0.1) is 15.9 Å². The highest BCUT2D eigenvalue weighted by molar-refractivity contribution is 7.92. The molecule has 132 valence electrons. The molecule has 7 nitrogen and oxygen atoms in total. The third-order valence-corrected chi connectivity index (χ3v) is 5.71. The first kappa shape index (κ1) is 18.8. The summed E-state index contributed by atoms with van der Waals surface area (Å²) in [5, 5.41) is 11.4. The van der Waals surface area contributed by atoms with Crippen molar-refractivity contribution in [2.24, 2.45) is 0 Å². The molecule has 25 heavy (non-hydrogen) atoms. The normalized spacial score (nSPS) is 12.4. The number of rotatable bonds is 5. The number of benzene rings is 2. The second-order valence-corrected chi connectivity index (χ2v) is 7.76. The Labute approximate surface area is 147 Å². The van der Waals surface area contributed by atoms with Gasteiger partial charge in [0.15, 0.2) is 9.84 Å². The minimum Gasteiger partial charge on any atom is -0.322 e. The number of nitro benzene ring substituents is 1. The van der Waals surface area contributed by atoms with Gasteiger partial charge < -0.3 is 5.32 Å². The predicted octanol–water partition coefficient (Wildman–Crippen LogP) is 3.19. The zero-order chi connectivity index (χ0) is 18.8. The topological polar surface area (TPSA) is 106 Å². The average molecular weight is 387 g/mol. The standard InChI is InChI=1S/C15H12ClFN2O5S/c1-9(15(20)18-14-7-2-10(16)8-13(14)17)25(23,24)12-5-3-11(4-6-12)19(21)22/h2-9H,1H3,(H,18,20)/t9-/m1/s1. The Kier molecular flexibility index (Phi) is 5.39. The maximum absolute atomic E-state index is 13.7. The first-order chi connectivity index (χ1) is 11.6. The summed E-state index contributed by atoms with van der Waals surface area (Å²) >= 11 is 5.61. The van der Waals surface area contributed by atoms with Gasteiger partial charge in [-0.1, -0.05) is 11.6 Å². The Balaban J connectivity index is 2.23. The highest BCUT2D eigenvalue weighted by Crippen LogP contribution is 2.23. The number of amides is 1. The highest BCUT2D eigenvalue weighted by Gasteiger charge is 2.30. The summed E-state index contributed by atoms with van der Waals surface area (Å²) in [5.74, 6) is -1.75. The van der Waals surface area contributed by atoms with Crippen LogP contribution < -0.4 is 5.32 Å². The highest BCUT2D eigenvalue weighted by atomic mass is 35.5. The predicted molar refractivity (Wildman–Crippen MR) is 89.8 cm³/mol. The van der Waals surface area contributed by atoms with Crippen LogP contribution in [-0.4, -0.2) is 24.5 Å². The fourth-order valence-corrected chi connectivity index (χ4v) is 3.35. The van der Waals surface area contributed by atoms with Gasteiger partial charge in [-0.25, -0.2) is 12.8 Å².